The molecule has 1 atom stereocenters. The Hall–Kier alpha value is -3.75. The SMILES string of the molecule is CCN(CC)C(CNC(=O)c1ccccc1NC(=O)c1ccc([N+](=O)[O-])cc1Cl)c1ccccc1. The topological polar surface area (TPSA) is 105 Å². The van der Waals surface area contributed by atoms with E-state index in [0.717, 1.165) is 24.7 Å². The van der Waals surface area contributed by atoms with Crippen molar-refractivity contribution >= 4 is 34.8 Å². The second-order valence-corrected chi connectivity index (χ2v) is 8.19. The van der Waals surface area contributed by atoms with E-state index < -0.39 is 10.8 Å². The van der Waals surface area contributed by atoms with E-state index >= 15 is 0 Å². The zero-order chi connectivity index (χ0) is 25.4. The first-order valence-electron chi connectivity index (χ1n) is 11.3. The van der Waals surface area contributed by atoms with Crippen LogP contribution < -0.4 is 10.6 Å². The van der Waals surface area contributed by atoms with Gasteiger partial charge in [-0.15, -0.1) is 0 Å². The second-order valence-electron chi connectivity index (χ2n) is 7.78. The maximum Gasteiger partial charge on any atom is 0.270 e. The fraction of sp³-hybridized carbons (Fsp3) is 0.231. The van der Waals surface area contributed by atoms with Gasteiger partial charge in [-0.3, -0.25) is 24.6 Å². The Morgan fingerprint density at radius 3 is 2.23 bits per heavy atom. The van der Waals surface area contributed by atoms with E-state index in [9.17, 15) is 19.7 Å². The number of nitrogens with zero attached hydrogens (tertiary/aromatic N) is 2. The number of benzene rings is 3. The molecule has 2 N–H and O–H groups in total. The highest BCUT2D eigenvalue weighted by Gasteiger charge is 2.21. The molecule has 3 rings (SSSR count). The standard InChI is InChI=1S/C26H27ClN4O4/c1-3-30(4-2)24(18-10-6-5-7-11-18)17-28-25(32)21-12-8-9-13-23(21)29-26(33)20-15-14-19(31(34)35)16-22(20)27/h5-16,24H,3-4,17H2,1-2H3,(H,28,32)(H,29,33). The van der Waals surface area contributed by atoms with Gasteiger partial charge in [0.15, 0.2) is 0 Å². The van der Waals surface area contributed by atoms with Gasteiger partial charge in [0.1, 0.15) is 0 Å². The summed E-state index contributed by atoms with van der Waals surface area (Å²) in [7, 11) is 0. The van der Waals surface area contributed by atoms with E-state index in [1.165, 1.54) is 12.1 Å². The summed E-state index contributed by atoms with van der Waals surface area (Å²) in [6.45, 7) is 6.20. The minimum Gasteiger partial charge on any atom is -0.350 e. The monoisotopic (exact) mass is 494 g/mol. The molecule has 0 fully saturated rings. The van der Waals surface area contributed by atoms with Crippen LogP contribution in [0.2, 0.25) is 5.02 Å². The van der Waals surface area contributed by atoms with Crippen LogP contribution in [0.15, 0.2) is 72.8 Å². The Balaban J connectivity index is 1.77. The Bertz CT molecular complexity index is 1200. The number of non-ortho nitro benzene ring substituents is 1. The molecule has 0 saturated carbocycles. The summed E-state index contributed by atoms with van der Waals surface area (Å²) in [4.78, 5) is 38.5. The Morgan fingerprint density at radius 1 is 0.943 bits per heavy atom. The molecular formula is C26H27ClN4O4. The van der Waals surface area contributed by atoms with Crippen LogP contribution in [-0.2, 0) is 0 Å². The van der Waals surface area contributed by atoms with E-state index in [4.69, 9.17) is 11.6 Å². The maximum atomic E-state index is 13.1. The van der Waals surface area contributed by atoms with Crippen LogP contribution in [0, 0.1) is 10.1 Å². The number of amides is 2. The van der Waals surface area contributed by atoms with Gasteiger partial charge in [0.25, 0.3) is 17.5 Å². The third-order valence-corrected chi connectivity index (χ3v) is 6.03. The molecule has 3 aromatic carbocycles. The lowest BCUT2D eigenvalue weighted by Crippen LogP contribution is -2.38. The lowest BCUT2D eigenvalue weighted by molar-refractivity contribution is -0.384. The molecular weight excluding hydrogens is 468 g/mol. The van der Waals surface area contributed by atoms with Crippen molar-refractivity contribution < 1.29 is 14.5 Å². The van der Waals surface area contributed by atoms with Gasteiger partial charge in [0.2, 0.25) is 0 Å². The van der Waals surface area contributed by atoms with Gasteiger partial charge in [-0.1, -0.05) is 67.9 Å². The van der Waals surface area contributed by atoms with Crippen molar-refractivity contribution in [2.24, 2.45) is 0 Å². The maximum absolute atomic E-state index is 13.1. The zero-order valence-electron chi connectivity index (χ0n) is 19.5. The van der Waals surface area contributed by atoms with Crippen molar-refractivity contribution in [2.75, 3.05) is 25.0 Å². The molecule has 3 aromatic rings. The summed E-state index contributed by atoms with van der Waals surface area (Å²) in [5, 5.41) is 16.6. The van der Waals surface area contributed by atoms with Crippen molar-refractivity contribution in [2.45, 2.75) is 19.9 Å². The molecule has 0 aromatic heterocycles. The van der Waals surface area contributed by atoms with Gasteiger partial charge in [-0.25, -0.2) is 0 Å². The average molecular weight is 495 g/mol. The number of anilines is 1. The predicted molar refractivity (Wildman–Crippen MR) is 137 cm³/mol. The van der Waals surface area contributed by atoms with Gasteiger partial charge in [0.05, 0.1) is 32.8 Å². The molecule has 0 aliphatic carbocycles. The zero-order valence-corrected chi connectivity index (χ0v) is 20.3. The third kappa shape index (κ3) is 6.44. The van der Waals surface area contributed by atoms with Crippen molar-refractivity contribution in [3.05, 3.63) is 105 Å². The largest absolute Gasteiger partial charge is 0.350 e. The van der Waals surface area contributed by atoms with Gasteiger partial charge in [0, 0.05) is 18.7 Å². The van der Waals surface area contributed by atoms with E-state index in [2.05, 4.69) is 29.4 Å². The highest BCUT2D eigenvalue weighted by atomic mass is 35.5. The van der Waals surface area contributed by atoms with Gasteiger partial charge < -0.3 is 10.6 Å². The highest BCUT2D eigenvalue weighted by Crippen LogP contribution is 2.25. The average Bonchev–Trinajstić information content (AvgIpc) is 2.87. The van der Waals surface area contributed by atoms with Crippen molar-refractivity contribution in [1.29, 1.82) is 0 Å². The van der Waals surface area contributed by atoms with Gasteiger partial charge in [-0.2, -0.15) is 0 Å². The first-order valence-corrected chi connectivity index (χ1v) is 11.6. The van der Waals surface area contributed by atoms with Crippen LogP contribution in [-0.4, -0.2) is 41.3 Å². The van der Waals surface area contributed by atoms with Gasteiger partial charge in [-0.05, 0) is 36.9 Å². The van der Waals surface area contributed by atoms with Crippen molar-refractivity contribution in [3.63, 3.8) is 0 Å². The molecule has 0 heterocycles. The summed E-state index contributed by atoms with van der Waals surface area (Å²) in [6.07, 6.45) is 0. The molecule has 35 heavy (non-hydrogen) atoms. The first-order chi connectivity index (χ1) is 16.8. The van der Waals surface area contributed by atoms with E-state index in [0.29, 0.717) is 17.8 Å². The summed E-state index contributed by atoms with van der Waals surface area (Å²) in [5.41, 5.74) is 1.56. The minimum atomic E-state index is -0.589. The molecule has 8 nitrogen and oxygen atoms in total. The van der Waals surface area contributed by atoms with Crippen LogP contribution in [0.4, 0.5) is 11.4 Å². The number of hydrogen-bond acceptors (Lipinski definition) is 5. The molecule has 2 amide bonds. The lowest BCUT2D eigenvalue weighted by atomic mass is 10.0. The van der Waals surface area contributed by atoms with Crippen LogP contribution >= 0.6 is 11.6 Å². The molecule has 0 bridgehead atoms. The summed E-state index contributed by atoms with van der Waals surface area (Å²) in [6, 6.07) is 20.2. The van der Waals surface area contributed by atoms with Crippen LogP contribution in [0.3, 0.4) is 0 Å². The molecule has 0 aliphatic heterocycles. The Kier molecular flexibility index (Phi) is 8.94. The van der Waals surface area contributed by atoms with Crippen LogP contribution in [0.5, 0.6) is 0 Å². The highest BCUT2D eigenvalue weighted by molar-refractivity contribution is 6.34. The van der Waals surface area contributed by atoms with Crippen LogP contribution in [0.1, 0.15) is 46.2 Å². The molecule has 182 valence electrons. The molecule has 0 spiro atoms. The number of nitrogens with one attached hydrogen (secondary N) is 2. The Labute approximate surface area is 209 Å². The normalized spacial score (nSPS) is 11.7. The number of carbonyl (C=O) groups is 2. The lowest BCUT2D eigenvalue weighted by Gasteiger charge is -2.30. The Morgan fingerprint density at radius 2 is 1.60 bits per heavy atom. The number of nitro benzene ring substituents is 1. The molecule has 0 saturated heterocycles. The molecule has 9 heteroatoms. The molecule has 1 unspecified atom stereocenters. The van der Waals surface area contributed by atoms with Crippen molar-refractivity contribution in [1.82, 2.24) is 10.2 Å². The number of hydrogen-bond donors (Lipinski definition) is 2. The summed E-state index contributed by atoms with van der Waals surface area (Å²) < 4.78 is 0. The first kappa shape index (κ1) is 25.9. The van der Waals surface area contributed by atoms with Gasteiger partial charge >= 0.3 is 0 Å². The molecule has 0 aliphatic rings. The van der Waals surface area contributed by atoms with E-state index in [1.807, 2.05) is 30.3 Å². The fourth-order valence-corrected chi connectivity index (χ4v) is 4.12. The number of carbonyl (C=O) groups excluding carboxylic acids is 2. The summed E-state index contributed by atoms with van der Waals surface area (Å²) >= 11 is 6.09. The predicted octanol–water partition coefficient (Wildman–Crippen LogP) is 5.31. The number of likely N-dealkylation sites (N-methyl/N-ethyl adjacent to an activating group) is 1. The number of rotatable bonds is 10. The number of nitro groups is 1. The van der Waals surface area contributed by atoms with Crippen LogP contribution in [0.25, 0.3) is 0 Å². The fourth-order valence-electron chi connectivity index (χ4n) is 3.86. The number of halogens is 1. The quantitative estimate of drug-likeness (QED) is 0.293. The number of para-hydroxylation sites is 1. The van der Waals surface area contributed by atoms with E-state index in [1.54, 1.807) is 24.3 Å². The smallest absolute Gasteiger partial charge is 0.270 e. The molecule has 0 radical (unpaired) electrons. The third-order valence-electron chi connectivity index (χ3n) is 5.72. The van der Waals surface area contributed by atoms with Crippen molar-refractivity contribution in [3.8, 4) is 0 Å². The van der Waals surface area contributed by atoms with E-state index in [-0.39, 0.29) is 28.2 Å². The minimum absolute atomic E-state index is 0.00387. The summed E-state index contributed by atoms with van der Waals surface area (Å²) in [5.74, 6) is -0.903. The second kappa shape index (κ2) is 12.1.